The smallest absolute Gasteiger partial charge is 0.286 e. The minimum atomic E-state index is -0.643. The van der Waals surface area contributed by atoms with Crippen LogP contribution in [0.15, 0.2) is 30.5 Å². The molecule has 0 spiro atoms. The zero-order chi connectivity index (χ0) is 20.3. The van der Waals surface area contributed by atoms with Gasteiger partial charge in [-0.1, -0.05) is 0 Å². The normalized spacial score (nSPS) is 13.2. The lowest BCUT2D eigenvalue weighted by molar-refractivity contribution is -0.385. The Balaban J connectivity index is 1.76. The summed E-state index contributed by atoms with van der Waals surface area (Å²) in [5, 5.41) is 20.4. The molecule has 1 saturated heterocycles. The molecule has 2 aromatic rings. The van der Waals surface area contributed by atoms with Gasteiger partial charge >= 0.3 is 0 Å². The number of nitro benzene ring substituents is 1. The van der Waals surface area contributed by atoms with Gasteiger partial charge in [0.25, 0.3) is 11.6 Å². The Labute approximate surface area is 160 Å². The Morgan fingerprint density at radius 1 is 1.32 bits per heavy atom. The third-order valence-electron chi connectivity index (χ3n) is 4.23. The van der Waals surface area contributed by atoms with Crippen LogP contribution < -0.4 is 14.2 Å². The molecule has 1 fully saturated rings. The van der Waals surface area contributed by atoms with E-state index in [9.17, 15) is 14.9 Å². The summed E-state index contributed by atoms with van der Waals surface area (Å²) in [6.45, 7) is 0.428. The van der Waals surface area contributed by atoms with Gasteiger partial charge < -0.3 is 19.1 Å². The fourth-order valence-corrected chi connectivity index (χ4v) is 2.77. The van der Waals surface area contributed by atoms with Crippen LogP contribution in [0.4, 0.5) is 5.69 Å². The number of carbonyl (C=O) groups is 1. The van der Waals surface area contributed by atoms with Crippen molar-refractivity contribution in [3.05, 3.63) is 51.7 Å². The van der Waals surface area contributed by atoms with Gasteiger partial charge in [-0.05, 0) is 12.1 Å². The molecule has 0 bridgehead atoms. The molecule has 0 N–H and O–H groups in total. The van der Waals surface area contributed by atoms with Crippen molar-refractivity contribution in [2.75, 3.05) is 27.3 Å². The number of carbonyl (C=O) groups excluding carboxylic acids is 1. The van der Waals surface area contributed by atoms with Crippen molar-refractivity contribution in [2.45, 2.75) is 6.10 Å². The van der Waals surface area contributed by atoms with Crippen molar-refractivity contribution < 1.29 is 23.9 Å². The number of aromatic nitrogens is 1. The van der Waals surface area contributed by atoms with Gasteiger partial charge in [0.2, 0.25) is 5.88 Å². The van der Waals surface area contributed by atoms with Crippen molar-refractivity contribution >= 4 is 11.6 Å². The molecule has 1 amide bonds. The molecule has 0 unspecified atom stereocenters. The molecule has 1 aliphatic heterocycles. The van der Waals surface area contributed by atoms with Crippen LogP contribution in [0.2, 0.25) is 0 Å². The Hall–Kier alpha value is -3.87. The van der Waals surface area contributed by atoms with E-state index in [0.29, 0.717) is 5.56 Å². The van der Waals surface area contributed by atoms with E-state index in [1.807, 2.05) is 6.07 Å². The second-order valence-electron chi connectivity index (χ2n) is 5.90. The number of nitro groups is 1. The van der Waals surface area contributed by atoms with Crippen LogP contribution in [-0.4, -0.2) is 54.1 Å². The Morgan fingerprint density at radius 3 is 2.61 bits per heavy atom. The molecule has 10 heteroatoms. The van der Waals surface area contributed by atoms with Crippen LogP contribution in [0.5, 0.6) is 17.4 Å². The first-order chi connectivity index (χ1) is 13.5. The van der Waals surface area contributed by atoms with E-state index >= 15 is 0 Å². The Kier molecular flexibility index (Phi) is 5.26. The van der Waals surface area contributed by atoms with Gasteiger partial charge in [0.1, 0.15) is 23.3 Å². The fourth-order valence-electron chi connectivity index (χ4n) is 2.77. The minimum absolute atomic E-state index is 0.100. The number of benzene rings is 1. The Morgan fingerprint density at radius 2 is 2.00 bits per heavy atom. The molecule has 2 heterocycles. The largest absolute Gasteiger partial charge is 0.493 e. The summed E-state index contributed by atoms with van der Waals surface area (Å²) in [6.07, 6.45) is 1.15. The maximum absolute atomic E-state index is 12.7. The highest BCUT2D eigenvalue weighted by Crippen LogP contribution is 2.35. The van der Waals surface area contributed by atoms with E-state index in [2.05, 4.69) is 4.98 Å². The average Bonchev–Trinajstić information content (AvgIpc) is 2.68. The lowest BCUT2D eigenvalue weighted by atomic mass is 10.1. The predicted molar refractivity (Wildman–Crippen MR) is 95.5 cm³/mol. The number of methoxy groups -OCH3 is 2. The minimum Gasteiger partial charge on any atom is -0.493 e. The highest BCUT2D eigenvalue weighted by Gasteiger charge is 2.37. The van der Waals surface area contributed by atoms with Crippen LogP contribution in [0.25, 0.3) is 0 Å². The van der Waals surface area contributed by atoms with E-state index in [1.54, 1.807) is 12.1 Å². The van der Waals surface area contributed by atoms with Crippen LogP contribution in [0, 0.1) is 21.4 Å². The molecule has 10 nitrogen and oxygen atoms in total. The summed E-state index contributed by atoms with van der Waals surface area (Å²) in [6, 6.07) is 7.64. The number of ether oxygens (including phenoxy) is 3. The van der Waals surface area contributed by atoms with Gasteiger partial charge in [-0.15, -0.1) is 0 Å². The van der Waals surface area contributed by atoms with Gasteiger partial charge in [-0.2, -0.15) is 5.26 Å². The quantitative estimate of drug-likeness (QED) is 0.544. The zero-order valence-corrected chi connectivity index (χ0v) is 15.1. The molecule has 0 atom stereocenters. The molecule has 144 valence electrons. The first-order valence-electron chi connectivity index (χ1n) is 8.20. The highest BCUT2D eigenvalue weighted by molar-refractivity contribution is 5.99. The molecule has 3 rings (SSSR count). The second-order valence-corrected chi connectivity index (χ2v) is 5.90. The number of pyridine rings is 1. The molecular weight excluding hydrogens is 368 g/mol. The van der Waals surface area contributed by atoms with Crippen molar-refractivity contribution in [1.29, 1.82) is 5.26 Å². The van der Waals surface area contributed by atoms with E-state index in [1.165, 1.54) is 31.4 Å². The first-order valence-corrected chi connectivity index (χ1v) is 8.20. The van der Waals surface area contributed by atoms with Crippen LogP contribution in [-0.2, 0) is 0 Å². The van der Waals surface area contributed by atoms with Crippen molar-refractivity contribution in [2.24, 2.45) is 0 Å². The number of nitriles is 1. The molecule has 0 saturated carbocycles. The van der Waals surface area contributed by atoms with E-state index in [4.69, 9.17) is 19.5 Å². The fraction of sp³-hybridized carbons (Fsp3) is 0.278. The molecular formula is C18H16N4O6. The van der Waals surface area contributed by atoms with E-state index < -0.39 is 10.8 Å². The van der Waals surface area contributed by atoms with E-state index in [-0.39, 0.29) is 47.8 Å². The first kappa shape index (κ1) is 18.9. The number of rotatable bonds is 6. The van der Waals surface area contributed by atoms with Gasteiger partial charge in [-0.3, -0.25) is 14.9 Å². The summed E-state index contributed by atoms with van der Waals surface area (Å²) >= 11 is 0. The standard InChI is InChI=1S/C18H16N4O6/c1-26-15-6-13(14(22(24)25)7-16(15)27-2)18(23)21-9-12(10-21)28-17-11(8-19)4-3-5-20-17/h3-7,12H,9-10H2,1-2H3. The number of hydrogen-bond acceptors (Lipinski definition) is 8. The number of likely N-dealkylation sites (tertiary alicyclic amines) is 1. The number of nitrogens with zero attached hydrogens (tertiary/aromatic N) is 4. The molecule has 1 aromatic heterocycles. The third kappa shape index (κ3) is 3.50. The maximum atomic E-state index is 12.7. The summed E-state index contributed by atoms with van der Waals surface area (Å²) in [5.41, 5.74) is -0.178. The third-order valence-corrected chi connectivity index (χ3v) is 4.23. The van der Waals surface area contributed by atoms with E-state index in [0.717, 1.165) is 6.07 Å². The summed E-state index contributed by atoms with van der Waals surface area (Å²) in [5.74, 6) is 0.0555. The molecule has 0 aliphatic carbocycles. The second kappa shape index (κ2) is 7.79. The molecule has 1 aliphatic rings. The van der Waals surface area contributed by atoms with Crippen LogP contribution in [0.3, 0.4) is 0 Å². The maximum Gasteiger partial charge on any atom is 0.286 e. The highest BCUT2D eigenvalue weighted by atomic mass is 16.6. The van der Waals surface area contributed by atoms with Crippen molar-refractivity contribution in [3.63, 3.8) is 0 Å². The summed E-state index contributed by atoms with van der Waals surface area (Å²) in [7, 11) is 2.73. The van der Waals surface area contributed by atoms with Crippen LogP contribution in [0.1, 0.15) is 15.9 Å². The topological polar surface area (TPSA) is 128 Å². The average molecular weight is 384 g/mol. The predicted octanol–water partition coefficient (Wildman–Crippen LogP) is 1.78. The summed E-state index contributed by atoms with van der Waals surface area (Å²) < 4.78 is 15.8. The summed E-state index contributed by atoms with van der Waals surface area (Å²) in [4.78, 5) is 28.9. The monoisotopic (exact) mass is 384 g/mol. The van der Waals surface area contributed by atoms with Gasteiger partial charge in [0, 0.05) is 12.3 Å². The molecule has 1 aromatic carbocycles. The molecule has 0 radical (unpaired) electrons. The van der Waals surface area contributed by atoms with Gasteiger partial charge in [0.05, 0.1) is 38.3 Å². The lowest BCUT2D eigenvalue weighted by Gasteiger charge is -2.38. The van der Waals surface area contributed by atoms with Gasteiger partial charge in [-0.25, -0.2) is 4.98 Å². The number of amides is 1. The molecule has 28 heavy (non-hydrogen) atoms. The van der Waals surface area contributed by atoms with Crippen LogP contribution >= 0.6 is 0 Å². The Bertz CT molecular complexity index is 965. The zero-order valence-electron chi connectivity index (χ0n) is 15.1. The van der Waals surface area contributed by atoms with Gasteiger partial charge in [0.15, 0.2) is 11.5 Å². The SMILES string of the molecule is COc1cc(C(=O)N2CC(Oc3ncccc3C#N)C2)c([N+](=O)[O-])cc1OC. The lowest BCUT2D eigenvalue weighted by Crippen LogP contribution is -2.56. The van der Waals surface area contributed by atoms with Crippen molar-refractivity contribution in [1.82, 2.24) is 9.88 Å². The number of hydrogen-bond donors (Lipinski definition) is 0. The van der Waals surface area contributed by atoms with Crippen molar-refractivity contribution in [3.8, 4) is 23.4 Å².